The number of rotatable bonds is 5. The van der Waals surface area contributed by atoms with E-state index in [1.54, 1.807) is 4.31 Å². The van der Waals surface area contributed by atoms with Gasteiger partial charge in [-0.15, -0.1) is 0 Å². The van der Waals surface area contributed by atoms with Crippen molar-refractivity contribution in [2.45, 2.75) is 58.4 Å². The first kappa shape index (κ1) is 16.2. The summed E-state index contributed by atoms with van der Waals surface area (Å²) >= 11 is 0. The van der Waals surface area contributed by atoms with Gasteiger partial charge in [-0.3, -0.25) is 0 Å². The van der Waals surface area contributed by atoms with Gasteiger partial charge in [0, 0.05) is 19.1 Å². The SMILES string of the molecule is CC(C)C1CCN(S(=O)(=O)CCC2CCCCN2)CC1. The molecule has 0 aliphatic carbocycles. The van der Waals surface area contributed by atoms with E-state index in [1.165, 1.54) is 12.8 Å². The molecule has 0 aromatic heterocycles. The summed E-state index contributed by atoms with van der Waals surface area (Å²) < 4.78 is 26.5. The molecule has 1 unspecified atom stereocenters. The second kappa shape index (κ2) is 7.23. The number of sulfonamides is 1. The van der Waals surface area contributed by atoms with Crippen LogP contribution in [-0.2, 0) is 10.0 Å². The minimum absolute atomic E-state index is 0.316. The Bertz CT molecular complexity index is 381. The Balaban J connectivity index is 1.78. The van der Waals surface area contributed by atoms with Gasteiger partial charge in [-0.25, -0.2) is 12.7 Å². The van der Waals surface area contributed by atoms with Crippen molar-refractivity contribution < 1.29 is 8.42 Å². The maximum absolute atomic E-state index is 12.4. The molecule has 0 amide bonds. The second-order valence-electron chi connectivity index (χ2n) is 6.73. The molecule has 0 bridgehead atoms. The number of hydrogen-bond donors (Lipinski definition) is 1. The molecular formula is C15H30N2O2S. The van der Waals surface area contributed by atoms with Crippen LogP contribution in [0.15, 0.2) is 0 Å². The first-order valence-electron chi connectivity index (χ1n) is 8.20. The van der Waals surface area contributed by atoms with E-state index in [-0.39, 0.29) is 0 Å². The highest BCUT2D eigenvalue weighted by Gasteiger charge is 2.29. The highest BCUT2D eigenvalue weighted by molar-refractivity contribution is 7.89. The predicted molar refractivity (Wildman–Crippen MR) is 83.2 cm³/mol. The molecule has 2 heterocycles. The second-order valence-corrected chi connectivity index (χ2v) is 8.82. The van der Waals surface area contributed by atoms with E-state index >= 15 is 0 Å². The molecule has 2 saturated heterocycles. The van der Waals surface area contributed by atoms with Gasteiger partial charge < -0.3 is 5.32 Å². The minimum Gasteiger partial charge on any atom is -0.314 e. The molecule has 2 fully saturated rings. The first-order chi connectivity index (χ1) is 9.49. The van der Waals surface area contributed by atoms with E-state index in [0.717, 1.165) is 45.3 Å². The van der Waals surface area contributed by atoms with E-state index in [0.29, 0.717) is 23.6 Å². The van der Waals surface area contributed by atoms with Gasteiger partial charge in [0.2, 0.25) is 10.0 Å². The zero-order chi connectivity index (χ0) is 14.6. The van der Waals surface area contributed by atoms with Gasteiger partial charge in [-0.1, -0.05) is 20.3 Å². The van der Waals surface area contributed by atoms with Crippen molar-refractivity contribution >= 4 is 10.0 Å². The quantitative estimate of drug-likeness (QED) is 0.847. The average molecular weight is 302 g/mol. The predicted octanol–water partition coefficient (Wildman–Crippen LogP) is 2.22. The molecule has 2 aliphatic rings. The number of nitrogens with zero attached hydrogens (tertiary/aromatic N) is 1. The van der Waals surface area contributed by atoms with Crippen molar-refractivity contribution in [1.82, 2.24) is 9.62 Å². The largest absolute Gasteiger partial charge is 0.314 e. The van der Waals surface area contributed by atoms with E-state index in [9.17, 15) is 8.42 Å². The smallest absolute Gasteiger partial charge is 0.214 e. The molecule has 0 aromatic carbocycles. The summed E-state index contributed by atoms with van der Waals surface area (Å²) in [4.78, 5) is 0. The van der Waals surface area contributed by atoms with Crippen LogP contribution in [0.5, 0.6) is 0 Å². The Kier molecular flexibility index (Phi) is 5.87. The zero-order valence-electron chi connectivity index (χ0n) is 13.0. The number of nitrogens with one attached hydrogen (secondary N) is 1. The summed E-state index contributed by atoms with van der Waals surface area (Å²) in [6.07, 6.45) is 6.41. The molecule has 2 rings (SSSR count). The van der Waals surface area contributed by atoms with Crippen LogP contribution in [-0.4, -0.2) is 44.2 Å². The Labute approximate surface area is 124 Å². The summed E-state index contributed by atoms with van der Waals surface area (Å²) in [6, 6.07) is 0.409. The van der Waals surface area contributed by atoms with Crippen molar-refractivity contribution in [1.29, 1.82) is 0 Å². The van der Waals surface area contributed by atoms with E-state index < -0.39 is 10.0 Å². The fourth-order valence-corrected chi connectivity index (χ4v) is 5.02. The fraction of sp³-hybridized carbons (Fsp3) is 1.00. The van der Waals surface area contributed by atoms with Crippen molar-refractivity contribution in [2.75, 3.05) is 25.4 Å². The van der Waals surface area contributed by atoms with Crippen LogP contribution in [0.1, 0.15) is 52.4 Å². The van der Waals surface area contributed by atoms with Crippen LogP contribution in [0.4, 0.5) is 0 Å². The summed E-state index contributed by atoms with van der Waals surface area (Å²) in [5, 5.41) is 3.43. The molecule has 4 nitrogen and oxygen atoms in total. The lowest BCUT2D eigenvalue weighted by atomic mass is 9.87. The molecular weight excluding hydrogens is 272 g/mol. The highest BCUT2D eigenvalue weighted by atomic mass is 32.2. The van der Waals surface area contributed by atoms with Crippen LogP contribution in [0.25, 0.3) is 0 Å². The molecule has 5 heteroatoms. The molecule has 118 valence electrons. The maximum atomic E-state index is 12.4. The first-order valence-corrected chi connectivity index (χ1v) is 9.81. The molecule has 0 spiro atoms. The average Bonchev–Trinajstić information content (AvgIpc) is 2.46. The van der Waals surface area contributed by atoms with Crippen molar-refractivity contribution in [3.8, 4) is 0 Å². The highest BCUT2D eigenvalue weighted by Crippen LogP contribution is 2.26. The third kappa shape index (κ3) is 4.43. The van der Waals surface area contributed by atoms with E-state index in [1.807, 2.05) is 0 Å². The molecule has 0 radical (unpaired) electrons. The van der Waals surface area contributed by atoms with Crippen LogP contribution in [0, 0.1) is 11.8 Å². The standard InChI is InChI=1S/C15H30N2O2S/c1-13(2)14-6-10-17(11-7-14)20(18,19)12-8-15-5-3-4-9-16-15/h13-16H,3-12H2,1-2H3. The van der Waals surface area contributed by atoms with Gasteiger partial charge in [0.1, 0.15) is 0 Å². The third-order valence-corrected chi connectivity index (χ3v) is 6.87. The Morgan fingerprint density at radius 2 is 1.85 bits per heavy atom. The Hall–Kier alpha value is -0.130. The molecule has 0 saturated carbocycles. The van der Waals surface area contributed by atoms with Crippen LogP contribution in [0.3, 0.4) is 0 Å². The third-order valence-electron chi connectivity index (χ3n) is 4.97. The monoisotopic (exact) mass is 302 g/mol. The van der Waals surface area contributed by atoms with Crippen molar-refractivity contribution in [3.05, 3.63) is 0 Å². The van der Waals surface area contributed by atoms with Crippen molar-refractivity contribution in [2.24, 2.45) is 11.8 Å². The summed E-state index contributed by atoms with van der Waals surface area (Å²) in [6.45, 7) is 6.98. The van der Waals surface area contributed by atoms with Gasteiger partial charge in [0.25, 0.3) is 0 Å². The van der Waals surface area contributed by atoms with E-state index in [4.69, 9.17) is 0 Å². The number of hydrogen-bond acceptors (Lipinski definition) is 3. The zero-order valence-corrected chi connectivity index (χ0v) is 13.8. The lowest BCUT2D eigenvalue weighted by Crippen LogP contribution is -2.42. The van der Waals surface area contributed by atoms with Gasteiger partial charge in [-0.2, -0.15) is 0 Å². The molecule has 1 N–H and O–H groups in total. The van der Waals surface area contributed by atoms with Crippen LogP contribution < -0.4 is 5.32 Å². The topological polar surface area (TPSA) is 49.4 Å². The summed E-state index contributed by atoms with van der Waals surface area (Å²) in [5.41, 5.74) is 0. The summed E-state index contributed by atoms with van der Waals surface area (Å²) in [5.74, 6) is 1.68. The molecule has 1 atom stereocenters. The normalized spacial score (nSPS) is 27.1. The van der Waals surface area contributed by atoms with Gasteiger partial charge in [-0.05, 0) is 50.5 Å². The molecule has 2 aliphatic heterocycles. The van der Waals surface area contributed by atoms with Gasteiger partial charge >= 0.3 is 0 Å². The minimum atomic E-state index is -3.04. The lowest BCUT2D eigenvalue weighted by Gasteiger charge is -2.33. The van der Waals surface area contributed by atoms with E-state index in [2.05, 4.69) is 19.2 Å². The number of piperidine rings is 2. The van der Waals surface area contributed by atoms with Crippen molar-refractivity contribution in [3.63, 3.8) is 0 Å². The lowest BCUT2D eigenvalue weighted by molar-refractivity contribution is 0.226. The molecule has 20 heavy (non-hydrogen) atoms. The van der Waals surface area contributed by atoms with Gasteiger partial charge in [0.05, 0.1) is 5.75 Å². The maximum Gasteiger partial charge on any atom is 0.214 e. The molecule has 0 aromatic rings. The van der Waals surface area contributed by atoms with Gasteiger partial charge in [0.15, 0.2) is 0 Å². The Morgan fingerprint density at radius 3 is 2.40 bits per heavy atom. The fourth-order valence-electron chi connectivity index (χ4n) is 3.41. The van der Waals surface area contributed by atoms with Crippen LogP contribution >= 0.6 is 0 Å². The summed E-state index contributed by atoms with van der Waals surface area (Å²) in [7, 11) is -3.04. The Morgan fingerprint density at radius 1 is 1.15 bits per heavy atom. The van der Waals surface area contributed by atoms with Crippen LogP contribution in [0.2, 0.25) is 0 Å².